The van der Waals surface area contributed by atoms with Gasteiger partial charge in [0.25, 0.3) is 0 Å². The van der Waals surface area contributed by atoms with Crippen molar-refractivity contribution in [2.45, 2.75) is 13.0 Å². The van der Waals surface area contributed by atoms with Crippen molar-refractivity contribution < 1.29 is 9.84 Å². The number of nitrogens with one attached hydrogen (secondary N) is 1. The van der Waals surface area contributed by atoms with Crippen LogP contribution in [0.2, 0.25) is 0 Å². The van der Waals surface area contributed by atoms with Crippen LogP contribution in [-0.2, 0) is 0 Å². The van der Waals surface area contributed by atoms with Crippen molar-refractivity contribution in [3.05, 3.63) is 90.3 Å². The molecule has 0 spiro atoms. The number of benzene rings is 2. The maximum atomic E-state index is 10.7. The van der Waals surface area contributed by atoms with Gasteiger partial charge in [0.1, 0.15) is 17.3 Å². The van der Waals surface area contributed by atoms with Crippen LogP contribution in [0, 0.1) is 0 Å². The van der Waals surface area contributed by atoms with Crippen LogP contribution in [0.25, 0.3) is 10.9 Å². The highest BCUT2D eigenvalue weighted by Gasteiger charge is 2.21. The number of ether oxygens (including phenoxy) is 1. The maximum absolute atomic E-state index is 10.7. The van der Waals surface area contributed by atoms with E-state index in [4.69, 9.17) is 4.74 Å². The van der Waals surface area contributed by atoms with Crippen LogP contribution < -0.4 is 10.1 Å². The van der Waals surface area contributed by atoms with E-state index in [-0.39, 0.29) is 11.8 Å². The standard InChI is InChI=1S/C23H21N3O2/c1-2-28-17-10-8-16(9-11-17)23(26-21-7-3-4-14-25-21)22-18-6-5-15-24-19(18)12-13-20(22)27/h3-15,23,27H,2H2,1H3,(H,25,26)/t23-/m0/s1. The van der Waals surface area contributed by atoms with Crippen molar-refractivity contribution in [1.82, 2.24) is 9.97 Å². The monoisotopic (exact) mass is 371 g/mol. The number of fused-ring (bicyclic) bond motifs is 1. The van der Waals surface area contributed by atoms with Gasteiger partial charge < -0.3 is 15.2 Å². The van der Waals surface area contributed by atoms with E-state index in [0.717, 1.165) is 33.6 Å². The molecule has 4 aromatic rings. The minimum Gasteiger partial charge on any atom is -0.508 e. The molecule has 0 amide bonds. The first kappa shape index (κ1) is 17.8. The first-order valence-electron chi connectivity index (χ1n) is 9.23. The van der Waals surface area contributed by atoms with E-state index in [1.165, 1.54) is 0 Å². The van der Waals surface area contributed by atoms with Gasteiger partial charge in [-0.2, -0.15) is 0 Å². The Morgan fingerprint density at radius 3 is 2.50 bits per heavy atom. The number of pyridine rings is 2. The molecule has 2 heterocycles. The zero-order chi connectivity index (χ0) is 19.3. The highest BCUT2D eigenvalue weighted by molar-refractivity contribution is 5.86. The molecule has 5 nitrogen and oxygen atoms in total. The Hall–Kier alpha value is -3.60. The van der Waals surface area contributed by atoms with Crippen LogP contribution in [0.15, 0.2) is 79.1 Å². The van der Waals surface area contributed by atoms with E-state index in [9.17, 15) is 5.11 Å². The molecule has 1 atom stereocenters. The molecule has 0 radical (unpaired) electrons. The van der Waals surface area contributed by atoms with E-state index in [1.807, 2.05) is 67.6 Å². The summed E-state index contributed by atoms with van der Waals surface area (Å²) in [5, 5.41) is 15.1. The molecule has 0 bridgehead atoms. The van der Waals surface area contributed by atoms with Crippen molar-refractivity contribution in [1.29, 1.82) is 0 Å². The highest BCUT2D eigenvalue weighted by atomic mass is 16.5. The summed E-state index contributed by atoms with van der Waals surface area (Å²) in [6.07, 6.45) is 3.49. The van der Waals surface area contributed by atoms with Gasteiger partial charge in [-0.15, -0.1) is 0 Å². The fraction of sp³-hybridized carbons (Fsp3) is 0.130. The molecule has 5 heteroatoms. The number of nitrogens with zero attached hydrogens (tertiary/aromatic N) is 2. The van der Waals surface area contributed by atoms with Crippen LogP contribution in [0.4, 0.5) is 5.82 Å². The molecular weight excluding hydrogens is 350 g/mol. The van der Waals surface area contributed by atoms with E-state index >= 15 is 0 Å². The topological polar surface area (TPSA) is 67.3 Å². The van der Waals surface area contributed by atoms with Crippen LogP contribution in [0.5, 0.6) is 11.5 Å². The summed E-state index contributed by atoms with van der Waals surface area (Å²) in [6.45, 7) is 2.57. The number of aromatic hydroxyl groups is 1. The molecule has 2 aromatic heterocycles. The Labute approximate surface area is 163 Å². The first-order chi connectivity index (χ1) is 13.8. The summed E-state index contributed by atoms with van der Waals surface area (Å²) in [6, 6.07) is 20.6. The van der Waals surface area contributed by atoms with Gasteiger partial charge in [0, 0.05) is 23.3 Å². The van der Waals surface area contributed by atoms with Crippen molar-refractivity contribution >= 4 is 16.7 Å². The second-order valence-corrected chi connectivity index (χ2v) is 6.36. The van der Waals surface area contributed by atoms with Gasteiger partial charge in [-0.1, -0.05) is 24.3 Å². The van der Waals surface area contributed by atoms with Gasteiger partial charge >= 0.3 is 0 Å². The second-order valence-electron chi connectivity index (χ2n) is 6.36. The molecular formula is C23H21N3O2. The van der Waals surface area contributed by atoms with Gasteiger partial charge in [0.05, 0.1) is 18.2 Å². The summed E-state index contributed by atoms with van der Waals surface area (Å²) < 4.78 is 5.57. The number of anilines is 1. The summed E-state index contributed by atoms with van der Waals surface area (Å²) in [4.78, 5) is 8.82. The third kappa shape index (κ3) is 3.60. The lowest BCUT2D eigenvalue weighted by Gasteiger charge is -2.23. The molecule has 0 fully saturated rings. The lowest BCUT2D eigenvalue weighted by Crippen LogP contribution is -2.14. The summed E-state index contributed by atoms with van der Waals surface area (Å²) in [5.41, 5.74) is 2.58. The van der Waals surface area contributed by atoms with Crippen LogP contribution in [-0.4, -0.2) is 21.7 Å². The number of rotatable bonds is 6. The Morgan fingerprint density at radius 2 is 1.75 bits per heavy atom. The van der Waals surface area contributed by atoms with E-state index in [0.29, 0.717) is 6.61 Å². The lowest BCUT2D eigenvalue weighted by atomic mass is 9.94. The van der Waals surface area contributed by atoms with Crippen LogP contribution in [0.3, 0.4) is 0 Å². The zero-order valence-electron chi connectivity index (χ0n) is 15.5. The van der Waals surface area contributed by atoms with Crippen molar-refractivity contribution in [2.24, 2.45) is 0 Å². The second kappa shape index (κ2) is 7.96. The zero-order valence-corrected chi connectivity index (χ0v) is 15.5. The molecule has 4 rings (SSSR count). The smallest absolute Gasteiger partial charge is 0.126 e. The Kier molecular flexibility index (Phi) is 5.06. The molecule has 2 aromatic carbocycles. The van der Waals surface area contributed by atoms with E-state index in [2.05, 4.69) is 15.3 Å². The van der Waals surface area contributed by atoms with Gasteiger partial charge in [-0.05, 0) is 55.0 Å². The van der Waals surface area contributed by atoms with Gasteiger partial charge in [-0.3, -0.25) is 4.98 Å². The van der Waals surface area contributed by atoms with Crippen LogP contribution >= 0.6 is 0 Å². The first-order valence-corrected chi connectivity index (χ1v) is 9.23. The number of phenols is 1. The molecule has 0 aliphatic rings. The summed E-state index contributed by atoms with van der Waals surface area (Å²) in [7, 11) is 0. The number of aromatic nitrogens is 2. The third-order valence-electron chi connectivity index (χ3n) is 4.57. The number of hydrogen-bond donors (Lipinski definition) is 2. The Bertz CT molecular complexity index is 1070. The molecule has 0 unspecified atom stereocenters. The Morgan fingerprint density at radius 1 is 0.929 bits per heavy atom. The third-order valence-corrected chi connectivity index (χ3v) is 4.57. The van der Waals surface area contributed by atoms with E-state index in [1.54, 1.807) is 18.5 Å². The molecule has 0 saturated heterocycles. The quantitative estimate of drug-likeness (QED) is 0.503. The predicted octanol–water partition coefficient (Wildman–Crippen LogP) is 4.94. The predicted molar refractivity (Wildman–Crippen MR) is 111 cm³/mol. The molecule has 2 N–H and O–H groups in total. The fourth-order valence-electron chi connectivity index (χ4n) is 3.31. The van der Waals surface area contributed by atoms with Gasteiger partial charge in [0.2, 0.25) is 0 Å². The molecule has 0 aliphatic heterocycles. The lowest BCUT2D eigenvalue weighted by molar-refractivity contribution is 0.340. The van der Waals surface area contributed by atoms with Crippen molar-refractivity contribution in [3.63, 3.8) is 0 Å². The fourth-order valence-corrected chi connectivity index (χ4v) is 3.31. The maximum Gasteiger partial charge on any atom is 0.126 e. The minimum absolute atomic E-state index is 0.211. The molecule has 28 heavy (non-hydrogen) atoms. The van der Waals surface area contributed by atoms with E-state index < -0.39 is 0 Å². The highest BCUT2D eigenvalue weighted by Crippen LogP contribution is 2.37. The van der Waals surface area contributed by atoms with Gasteiger partial charge in [0.15, 0.2) is 0 Å². The average molecular weight is 371 g/mol. The molecule has 0 saturated carbocycles. The number of hydrogen-bond acceptors (Lipinski definition) is 5. The molecule has 140 valence electrons. The minimum atomic E-state index is -0.307. The van der Waals surface area contributed by atoms with Crippen LogP contribution in [0.1, 0.15) is 24.1 Å². The van der Waals surface area contributed by atoms with Gasteiger partial charge in [-0.25, -0.2) is 4.98 Å². The normalized spacial score (nSPS) is 11.9. The van der Waals surface area contributed by atoms with Crippen molar-refractivity contribution in [3.8, 4) is 11.5 Å². The SMILES string of the molecule is CCOc1ccc([C@H](Nc2ccccn2)c2c(O)ccc3ncccc23)cc1. The van der Waals surface area contributed by atoms with Crippen molar-refractivity contribution in [2.75, 3.05) is 11.9 Å². The number of phenolic OH excluding ortho intramolecular Hbond substituents is 1. The summed E-state index contributed by atoms with van der Waals surface area (Å²) in [5.74, 6) is 1.75. The largest absolute Gasteiger partial charge is 0.508 e. The average Bonchev–Trinajstić information content (AvgIpc) is 2.74. The summed E-state index contributed by atoms with van der Waals surface area (Å²) >= 11 is 0. The molecule has 0 aliphatic carbocycles. The Balaban J connectivity index is 1.85.